The summed E-state index contributed by atoms with van der Waals surface area (Å²) in [5.74, 6) is 0. The third-order valence-corrected chi connectivity index (χ3v) is 2.34. The van der Waals surface area contributed by atoms with Crippen molar-refractivity contribution in [3.05, 3.63) is 48.5 Å². The molecular formula is C12H7Na. The van der Waals surface area contributed by atoms with Gasteiger partial charge in [0.1, 0.15) is 0 Å². The summed E-state index contributed by atoms with van der Waals surface area (Å²) < 4.78 is 0. The summed E-state index contributed by atoms with van der Waals surface area (Å²) in [6, 6.07) is 17.8. The Morgan fingerprint density at radius 2 is 1.46 bits per heavy atom. The van der Waals surface area contributed by atoms with E-state index in [-0.39, 0.29) is 29.6 Å². The number of hydrogen-bond acceptors (Lipinski definition) is 0. The van der Waals surface area contributed by atoms with Gasteiger partial charge in [-0.2, -0.15) is 0 Å². The van der Waals surface area contributed by atoms with E-state index < -0.39 is 0 Å². The van der Waals surface area contributed by atoms with Gasteiger partial charge in [0.2, 0.25) is 0 Å². The molecule has 3 rings (SSSR count). The molecule has 1 aliphatic rings. The second-order valence-corrected chi connectivity index (χ2v) is 3.00. The predicted molar refractivity (Wildman–Crippen MR) is 49.7 cm³/mol. The molecule has 0 amide bonds. The van der Waals surface area contributed by atoms with Crippen molar-refractivity contribution in [3.8, 4) is 22.3 Å². The molecule has 2 aromatic rings. The molecule has 0 bridgehead atoms. The van der Waals surface area contributed by atoms with Gasteiger partial charge in [0.05, 0.1) is 0 Å². The summed E-state index contributed by atoms with van der Waals surface area (Å²) in [5, 5.41) is 0. The van der Waals surface area contributed by atoms with E-state index in [0.717, 1.165) is 0 Å². The number of rotatable bonds is 0. The number of hydrogen-bond donors (Lipinski definition) is 0. The summed E-state index contributed by atoms with van der Waals surface area (Å²) >= 11 is 0. The Hall–Kier alpha value is -0.560. The average molecular weight is 174 g/mol. The van der Waals surface area contributed by atoms with Crippen LogP contribution in [0.4, 0.5) is 0 Å². The van der Waals surface area contributed by atoms with E-state index in [1.54, 1.807) is 0 Å². The second-order valence-electron chi connectivity index (χ2n) is 3.00. The Morgan fingerprint density at radius 1 is 0.769 bits per heavy atom. The molecule has 0 atom stereocenters. The van der Waals surface area contributed by atoms with Crippen LogP contribution >= 0.6 is 0 Å². The van der Waals surface area contributed by atoms with Gasteiger partial charge >= 0.3 is 29.6 Å². The molecule has 0 spiro atoms. The second kappa shape index (κ2) is 3.30. The van der Waals surface area contributed by atoms with Gasteiger partial charge in [-0.1, -0.05) is 29.8 Å². The van der Waals surface area contributed by atoms with Gasteiger partial charge in [-0.3, -0.25) is 0 Å². The van der Waals surface area contributed by atoms with Crippen LogP contribution in [0.25, 0.3) is 22.3 Å². The first-order chi connectivity index (χ1) is 5.97. The van der Waals surface area contributed by atoms with E-state index in [1.807, 2.05) is 12.1 Å². The van der Waals surface area contributed by atoms with E-state index in [9.17, 15) is 0 Å². The van der Waals surface area contributed by atoms with Gasteiger partial charge in [0, 0.05) is 0 Å². The van der Waals surface area contributed by atoms with Crippen molar-refractivity contribution in [3.63, 3.8) is 0 Å². The minimum atomic E-state index is 0. The zero-order valence-electron chi connectivity index (χ0n) is 7.54. The van der Waals surface area contributed by atoms with E-state index in [2.05, 4.69) is 36.4 Å². The van der Waals surface area contributed by atoms with Gasteiger partial charge in [-0.15, -0.1) is 41.0 Å². The molecule has 0 saturated heterocycles. The Bertz CT molecular complexity index is 346. The molecule has 2 aromatic carbocycles. The van der Waals surface area contributed by atoms with Crippen molar-refractivity contribution in [2.75, 3.05) is 0 Å². The Kier molecular flexibility index (Phi) is 2.29. The van der Waals surface area contributed by atoms with Gasteiger partial charge < -0.3 is 0 Å². The average Bonchev–Trinajstić information content (AvgIpc) is 2.14. The van der Waals surface area contributed by atoms with Crippen molar-refractivity contribution in [1.82, 2.24) is 0 Å². The minimum Gasteiger partial charge on any atom is -0.147 e. The smallest absolute Gasteiger partial charge is 0.147 e. The van der Waals surface area contributed by atoms with Crippen molar-refractivity contribution in [2.24, 2.45) is 0 Å². The molecule has 0 heterocycles. The molecule has 13 heavy (non-hydrogen) atoms. The molecule has 1 heteroatoms. The van der Waals surface area contributed by atoms with Gasteiger partial charge in [0.25, 0.3) is 0 Å². The largest absolute Gasteiger partial charge is 1.00 e. The van der Waals surface area contributed by atoms with Crippen LogP contribution in [0.1, 0.15) is 0 Å². The minimum absolute atomic E-state index is 0. The van der Waals surface area contributed by atoms with Crippen LogP contribution in [0.2, 0.25) is 0 Å². The molecule has 0 aromatic heterocycles. The van der Waals surface area contributed by atoms with Crippen LogP contribution in [0.5, 0.6) is 0 Å². The predicted octanol–water partition coefficient (Wildman–Crippen LogP) is 0.138. The monoisotopic (exact) mass is 174 g/mol. The number of benzene rings is 2. The Morgan fingerprint density at radius 3 is 2.31 bits per heavy atom. The van der Waals surface area contributed by atoms with Crippen molar-refractivity contribution in [1.29, 1.82) is 0 Å². The molecule has 0 nitrogen and oxygen atoms in total. The maximum Gasteiger partial charge on any atom is 1.00 e. The van der Waals surface area contributed by atoms with E-state index in [4.69, 9.17) is 0 Å². The van der Waals surface area contributed by atoms with Crippen LogP contribution in [-0.2, 0) is 0 Å². The Balaban J connectivity index is 0.000000653. The third kappa shape index (κ3) is 1.18. The molecule has 0 fully saturated rings. The third-order valence-electron chi connectivity index (χ3n) is 2.34. The van der Waals surface area contributed by atoms with Crippen LogP contribution in [0, 0.1) is 6.07 Å². The Labute approximate surface area is 99.9 Å². The molecule has 0 radical (unpaired) electrons. The fraction of sp³-hybridized carbons (Fsp3) is 0. The SMILES string of the molecule is [Na+].[c-]1cccc2c1-c1ccccc1-2. The normalized spacial score (nSPS) is 10.5. The van der Waals surface area contributed by atoms with E-state index in [0.29, 0.717) is 0 Å². The summed E-state index contributed by atoms with van der Waals surface area (Å²) in [6.45, 7) is 0. The first kappa shape index (κ1) is 9.01. The summed E-state index contributed by atoms with van der Waals surface area (Å²) in [4.78, 5) is 0. The van der Waals surface area contributed by atoms with Crippen LogP contribution in [-0.4, -0.2) is 0 Å². The van der Waals surface area contributed by atoms with Crippen LogP contribution in [0.15, 0.2) is 42.5 Å². The summed E-state index contributed by atoms with van der Waals surface area (Å²) in [7, 11) is 0. The molecule has 0 N–H and O–H groups in total. The fourth-order valence-electron chi connectivity index (χ4n) is 1.76. The van der Waals surface area contributed by atoms with Crippen molar-refractivity contribution in [2.45, 2.75) is 0 Å². The number of fused-ring (bicyclic) bond motifs is 4. The van der Waals surface area contributed by atoms with Gasteiger partial charge in [-0.05, 0) is 0 Å². The summed E-state index contributed by atoms with van der Waals surface area (Å²) in [5.41, 5.74) is 5.32. The maximum absolute atomic E-state index is 3.24. The van der Waals surface area contributed by atoms with Gasteiger partial charge in [0.15, 0.2) is 0 Å². The van der Waals surface area contributed by atoms with Crippen molar-refractivity contribution >= 4 is 0 Å². The standard InChI is InChI=1S/C12H7.Na/c1-2-6-10-9(5-1)11-7-3-4-8-12(10)11;/h1-7H;/q-1;+1. The maximum atomic E-state index is 3.24. The summed E-state index contributed by atoms with van der Waals surface area (Å²) in [6.07, 6.45) is 0. The molecule has 0 unspecified atom stereocenters. The van der Waals surface area contributed by atoms with E-state index >= 15 is 0 Å². The van der Waals surface area contributed by atoms with Crippen LogP contribution in [0.3, 0.4) is 0 Å². The first-order valence-electron chi connectivity index (χ1n) is 4.07. The van der Waals surface area contributed by atoms with E-state index in [1.165, 1.54) is 22.3 Å². The molecule has 1 aliphatic carbocycles. The zero-order chi connectivity index (χ0) is 7.97. The molecular weight excluding hydrogens is 167 g/mol. The topological polar surface area (TPSA) is 0 Å². The molecule has 0 saturated carbocycles. The zero-order valence-corrected chi connectivity index (χ0v) is 9.54. The molecule has 56 valence electrons. The van der Waals surface area contributed by atoms with Crippen molar-refractivity contribution < 1.29 is 29.6 Å². The van der Waals surface area contributed by atoms with Crippen LogP contribution < -0.4 is 29.6 Å². The molecule has 0 aliphatic heterocycles. The van der Waals surface area contributed by atoms with Gasteiger partial charge in [-0.25, -0.2) is 0 Å². The first-order valence-corrected chi connectivity index (χ1v) is 4.07. The fourth-order valence-corrected chi connectivity index (χ4v) is 1.76. The quantitative estimate of drug-likeness (QED) is 0.336.